The summed E-state index contributed by atoms with van der Waals surface area (Å²) >= 11 is 0. The average Bonchev–Trinajstić information content (AvgIpc) is 3.07. The number of hydrogen-bond acceptors (Lipinski definition) is 5. The fraction of sp³-hybridized carbons (Fsp3) is 0.333. The van der Waals surface area contributed by atoms with Crippen LogP contribution in [0.5, 0.6) is 0 Å². The molecule has 1 saturated heterocycles. The minimum Gasteiger partial charge on any atom is -0.395 e. The minimum absolute atomic E-state index is 0.183. The SMILES string of the molecule is Nc1cc(C2CCC(CO)NC2)nc2c(-c3ccccc3)cnn12. The van der Waals surface area contributed by atoms with Gasteiger partial charge in [0.1, 0.15) is 5.82 Å². The van der Waals surface area contributed by atoms with Gasteiger partial charge in [-0.25, -0.2) is 4.98 Å². The first-order valence-electron chi connectivity index (χ1n) is 8.30. The van der Waals surface area contributed by atoms with Gasteiger partial charge in [0.2, 0.25) is 0 Å². The number of hydrogen-bond donors (Lipinski definition) is 3. The van der Waals surface area contributed by atoms with Gasteiger partial charge in [0.15, 0.2) is 5.65 Å². The van der Waals surface area contributed by atoms with Gasteiger partial charge in [-0.1, -0.05) is 30.3 Å². The highest BCUT2D eigenvalue weighted by Gasteiger charge is 2.23. The highest BCUT2D eigenvalue weighted by Crippen LogP contribution is 2.29. The van der Waals surface area contributed by atoms with Gasteiger partial charge >= 0.3 is 0 Å². The number of aliphatic hydroxyl groups is 1. The monoisotopic (exact) mass is 323 g/mol. The van der Waals surface area contributed by atoms with Crippen molar-refractivity contribution in [1.82, 2.24) is 19.9 Å². The second-order valence-electron chi connectivity index (χ2n) is 6.33. The highest BCUT2D eigenvalue weighted by molar-refractivity contribution is 5.78. The number of benzene rings is 1. The van der Waals surface area contributed by atoms with E-state index in [0.717, 1.165) is 41.9 Å². The van der Waals surface area contributed by atoms with Crippen LogP contribution in [0.4, 0.5) is 5.82 Å². The van der Waals surface area contributed by atoms with Crippen LogP contribution in [0.1, 0.15) is 24.5 Å². The Bertz CT molecular complexity index is 837. The predicted octanol–water partition coefficient (Wildman–Crippen LogP) is 1.81. The largest absolute Gasteiger partial charge is 0.395 e. The zero-order valence-electron chi connectivity index (χ0n) is 13.4. The molecule has 2 aromatic heterocycles. The Morgan fingerprint density at radius 3 is 2.79 bits per heavy atom. The molecule has 0 aliphatic carbocycles. The van der Waals surface area contributed by atoms with Crippen LogP contribution in [0.3, 0.4) is 0 Å². The van der Waals surface area contributed by atoms with Gasteiger partial charge in [0, 0.05) is 30.1 Å². The van der Waals surface area contributed by atoms with Crippen molar-refractivity contribution in [2.75, 3.05) is 18.9 Å². The lowest BCUT2D eigenvalue weighted by Crippen LogP contribution is -2.40. The van der Waals surface area contributed by atoms with Gasteiger partial charge in [0.25, 0.3) is 0 Å². The average molecular weight is 323 g/mol. The van der Waals surface area contributed by atoms with Gasteiger partial charge in [-0.3, -0.25) is 0 Å². The van der Waals surface area contributed by atoms with Gasteiger partial charge < -0.3 is 16.2 Å². The molecule has 0 bridgehead atoms. The Kier molecular flexibility index (Phi) is 3.92. The summed E-state index contributed by atoms with van der Waals surface area (Å²) in [5.41, 5.74) is 10.1. The molecular weight excluding hydrogens is 302 g/mol. The summed E-state index contributed by atoms with van der Waals surface area (Å²) in [7, 11) is 0. The number of aliphatic hydroxyl groups excluding tert-OH is 1. The summed E-state index contributed by atoms with van der Waals surface area (Å²) < 4.78 is 1.69. The van der Waals surface area contributed by atoms with Crippen LogP contribution < -0.4 is 11.1 Å². The molecule has 124 valence electrons. The Balaban J connectivity index is 1.73. The molecule has 3 heterocycles. The van der Waals surface area contributed by atoms with E-state index in [-0.39, 0.29) is 12.6 Å². The Morgan fingerprint density at radius 2 is 2.08 bits per heavy atom. The van der Waals surface area contributed by atoms with E-state index in [1.807, 2.05) is 30.5 Å². The van der Waals surface area contributed by atoms with E-state index in [0.29, 0.717) is 11.7 Å². The lowest BCUT2D eigenvalue weighted by atomic mass is 9.92. The van der Waals surface area contributed by atoms with Crippen molar-refractivity contribution >= 4 is 11.5 Å². The third kappa shape index (κ3) is 2.64. The third-order valence-electron chi connectivity index (χ3n) is 4.76. The molecule has 24 heavy (non-hydrogen) atoms. The second kappa shape index (κ2) is 6.22. The first-order chi connectivity index (χ1) is 11.8. The Labute approximate surface area is 140 Å². The normalized spacial score (nSPS) is 21.2. The summed E-state index contributed by atoms with van der Waals surface area (Å²) in [6.45, 7) is 0.991. The third-order valence-corrected chi connectivity index (χ3v) is 4.76. The number of nitrogens with zero attached hydrogens (tertiary/aromatic N) is 3. The minimum atomic E-state index is 0.183. The molecule has 6 nitrogen and oxygen atoms in total. The number of nitrogens with two attached hydrogens (primary N) is 1. The fourth-order valence-corrected chi connectivity index (χ4v) is 3.36. The molecule has 1 aliphatic heterocycles. The van der Waals surface area contributed by atoms with E-state index in [2.05, 4.69) is 22.5 Å². The van der Waals surface area contributed by atoms with Crippen LogP contribution in [0.2, 0.25) is 0 Å². The van der Waals surface area contributed by atoms with Crippen molar-refractivity contribution in [1.29, 1.82) is 0 Å². The van der Waals surface area contributed by atoms with Crippen LogP contribution in [0, 0.1) is 0 Å². The summed E-state index contributed by atoms with van der Waals surface area (Å²) in [5, 5.41) is 17.0. The van der Waals surface area contributed by atoms with Gasteiger partial charge in [0.05, 0.1) is 18.5 Å². The number of rotatable bonds is 3. The van der Waals surface area contributed by atoms with Gasteiger partial charge in [-0.15, -0.1) is 0 Å². The number of nitrogens with one attached hydrogen (secondary N) is 1. The molecule has 6 heteroatoms. The lowest BCUT2D eigenvalue weighted by molar-refractivity contribution is 0.212. The smallest absolute Gasteiger partial charge is 0.165 e. The van der Waals surface area contributed by atoms with E-state index in [1.165, 1.54) is 0 Å². The molecule has 0 amide bonds. The van der Waals surface area contributed by atoms with Crippen molar-refractivity contribution in [2.24, 2.45) is 0 Å². The van der Waals surface area contributed by atoms with E-state index in [9.17, 15) is 5.11 Å². The molecule has 2 unspecified atom stereocenters. The standard InChI is InChI=1S/C18H21N5O/c19-17-8-16(13-6-7-14(11-24)20-9-13)22-18-15(10-21-23(17)18)12-4-2-1-3-5-12/h1-5,8,10,13-14,20,24H,6-7,9,11,19H2. The maximum absolute atomic E-state index is 9.26. The first kappa shape index (κ1) is 15.1. The number of fused-ring (bicyclic) bond motifs is 1. The molecule has 4 N–H and O–H groups in total. The fourth-order valence-electron chi connectivity index (χ4n) is 3.36. The quantitative estimate of drug-likeness (QED) is 0.684. The van der Waals surface area contributed by atoms with Crippen LogP contribution >= 0.6 is 0 Å². The molecule has 3 aromatic rings. The van der Waals surface area contributed by atoms with E-state index in [4.69, 9.17) is 10.7 Å². The Morgan fingerprint density at radius 1 is 1.25 bits per heavy atom. The number of anilines is 1. The van der Waals surface area contributed by atoms with Crippen molar-refractivity contribution in [2.45, 2.75) is 24.8 Å². The zero-order valence-corrected chi connectivity index (χ0v) is 13.4. The molecule has 2 atom stereocenters. The van der Waals surface area contributed by atoms with Crippen LogP contribution in [-0.4, -0.2) is 38.9 Å². The molecule has 0 saturated carbocycles. The zero-order chi connectivity index (χ0) is 16.5. The van der Waals surface area contributed by atoms with Crippen LogP contribution in [0.15, 0.2) is 42.6 Å². The number of nitrogen functional groups attached to an aromatic ring is 1. The molecule has 0 radical (unpaired) electrons. The maximum Gasteiger partial charge on any atom is 0.165 e. The van der Waals surface area contributed by atoms with E-state index < -0.39 is 0 Å². The highest BCUT2D eigenvalue weighted by atomic mass is 16.3. The van der Waals surface area contributed by atoms with Crippen molar-refractivity contribution in [3.05, 3.63) is 48.3 Å². The molecular formula is C18H21N5O. The predicted molar refractivity (Wildman–Crippen MR) is 93.7 cm³/mol. The van der Waals surface area contributed by atoms with E-state index in [1.54, 1.807) is 4.52 Å². The summed E-state index contributed by atoms with van der Waals surface area (Å²) in [6.07, 6.45) is 3.76. The Hall–Kier alpha value is -2.44. The van der Waals surface area contributed by atoms with E-state index >= 15 is 0 Å². The number of aromatic nitrogens is 3. The lowest BCUT2D eigenvalue weighted by Gasteiger charge is -2.28. The summed E-state index contributed by atoms with van der Waals surface area (Å²) in [5.74, 6) is 0.903. The molecule has 1 aliphatic rings. The molecule has 1 fully saturated rings. The first-order valence-corrected chi connectivity index (χ1v) is 8.30. The van der Waals surface area contributed by atoms with Crippen molar-refractivity contribution < 1.29 is 5.11 Å². The summed E-state index contributed by atoms with van der Waals surface area (Å²) in [6, 6.07) is 12.2. The van der Waals surface area contributed by atoms with Crippen molar-refractivity contribution in [3.63, 3.8) is 0 Å². The van der Waals surface area contributed by atoms with Crippen LogP contribution in [-0.2, 0) is 0 Å². The molecule has 1 aromatic carbocycles. The second-order valence-corrected chi connectivity index (χ2v) is 6.33. The van der Waals surface area contributed by atoms with Gasteiger partial charge in [-0.05, 0) is 18.4 Å². The van der Waals surface area contributed by atoms with Crippen molar-refractivity contribution in [3.8, 4) is 11.1 Å². The van der Waals surface area contributed by atoms with Crippen LogP contribution in [0.25, 0.3) is 16.8 Å². The maximum atomic E-state index is 9.26. The molecule has 0 spiro atoms. The van der Waals surface area contributed by atoms with Gasteiger partial charge in [-0.2, -0.15) is 9.61 Å². The number of piperidine rings is 1. The molecule has 4 rings (SSSR count). The topological polar surface area (TPSA) is 88.5 Å². The summed E-state index contributed by atoms with van der Waals surface area (Å²) in [4.78, 5) is 4.86.